The molecule has 2 aliphatic rings. The van der Waals surface area contributed by atoms with Gasteiger partial charge in [-0.3, -0.25) is 14.5 Å². The molecule has 2 bridgehead atoms. The molecule has 0 saturated carbocycles. The number of likely N-dealkylation sites (N-methyl/N-ethyl adjacent to an activating group) is 1. The van der Waals surface area contributed by atoms with Crippen LogP contribution in [0.25, 0.3) is 0 Å². The molecule has 0 N–H and O–H groups in total. The summed E-state index contributed by atoms with van der Waals surface area (Å²) in [6.45, 7) is 3.57. The Morgan fingerprint density at radius 1 is 1.14 bits per heavy atom. The van der Waals surface area contributed by atoms with Crippen LogP contribution in [-0.4, -0.2) is 48.2 Å². The average Bonchev–Trinajstić information content (AvgIpc) is 2.59. The summed E-state index contributed by atoms with van der Waals surface area (Å²) < 4.78 is 11.0. The highest BCUT2D eigenvalue weighted by Gasteiger charge is 2.47. The van der Waals surface area contributed by atoms with Crippen molar-refractivity contribution in [2.24, 2.45) is 0 Å². The summed E-state index contributed by atoms with van der Waals surface area (Å²) in [6.07, 6.45) is 6.00. The zero-order chi connectivity index (χ0) is 15.4. The van der Waals surface area contributed by atoms with Gasteiger partial charge in [0.2, 0.25) is 0 Å². The van der Waals surface area contributed by atoms with Crippen molar-refractivity contribution in [1.29, 1.82) is 0 Å². The third kappa shape index (κ3) is 4.19. The normalized spacial score (nSPS) is 32.0. The Labute approximate surface area is 127 Å². The number of hydrogen-bond acceptors (Lipinski definition) is 5. The average molecular weight is 297 g/mol. The van der Waals surface area contributed by atoms with Crippen LogP contribution >= 0.6 is 0 Å². The van der Waals surface area contributed by atoms with Gasteiger partial charge >= 0.3 is 11.9 Å². The van der Waals surface area contributed by atoms with Gasteiger partial charge in [-0.2, -0.15) is 0 Å². The molecular weight excluding hydrogens is 270 g/mol. The molecule has 0 unspecified atom stereocenters. The van der Waals surface area contributed by atoms with Gasteiger partial charge in [-0.1, -0.05) is 19.8 Å². The predicted octanol–water partition coefficient (Wildman–Crippen LogP) is 2.28. The SMILES string of the molecule is CCCCCC(=O)O[C@H]1C[C@H]2C[C@H](OC(C)=O)[C@@H](C1)N2C. The van der Waals surface area contributed by atoms with Crippen LogP contribution in [0.2, 0.25) is 0 Å². The molecule has 5 heteroatoms. The molecule has 2 rings (SSSR count). The fraction of sp³-hybridized carbons (Fsp3) is 0.875. The van der Waals surface area contributed by atoms with Crippen LogP contribution in [0.5, 0.6) is 0 Å². The number of rotatable bonds is 6. The molecule has 4 atom stereocenters. The van der Waals surface area contributed by atoms with Crippen LogP contribution in [0.3, 0.4) is 0 Å². The highest BCUT2D eigenvalue weighted by atomic mass is 16.6. The number of fused-ring (bicyclic) bond motifs is 2. The number of esters is 2. The first-order valence-electron chi connectivity index (χ1n) is 8.09. The molecule has 0 aromatic heterocycles. The second-order valence-corrected chi connectivity index (χ2v) is 6.31. The van der Waals surface area contributed by atoms with Crippen molar-refractivity contribution in [3.8, 4) is 0 Å². The van der Waals surface area contributed by atoms with E-state index >= 15 is 0 Å². The lowest BCUT2D eigenvalue weighted by Gasteiger charge is -2.36. The summed E-state index contributed by atoms with van der Waals surface area (Å²) in [5.74, 6) is -0.310. The van der Waals surface area contributed by atoms with E-state index in [2.05, 4.69) is 18.9 Å². The monoisotopic (exact) mass is 297 g/mol. The Hall–Kier alpha value is -1.10. The van der Waals surface area contributed by atoms with Gasteiger partial charge in [0, 0.05) is 38.6 Å². The minimum Gasteiger partial charge on any atom is -0.462 e. The Balaban J connectivity index is 1.83. The molecule has 5 nitrogen and oxygen atoms in total. The van der Waals surface area contributed by atoms with E-state index < -0.39 is 0 Å². The zero-order valence-corrected chi connectivity index (χ0v) is 13.3. The minimum absolute atomic E-state index is 0.0223. The largest absolute Gasteiger partial charge is 0.462 e. The lowest BCUT2D eigenvalue weighted by molar-refractivity contribution is -0.155. The summed E-state index contributed by atoms with van der Waals surface area (Å²) in [6, 6.07) is 0.530. The Morgan fingerprint density at radius 3 is 2.57 bits per heavy atom. The number of carbonyl (C=O) groups excluding carboxylic acids is 2. The fourth-order valence-electron chi connectivity index (χ4n) is 3.57. The third-order valence-corrected chi connectivity index (χ3v) is 4.67. The lowest BCUT2D eigenvalue weighted by atomic mass is 10.00. The molecule has 2 aliphatic heterocycles. The summed E-state index contributed by atoms with van der Waals surface area (Å²) in [4.78, 5) is 25.3. The van der Waals surface area contributed by atoms with E-state index in [-0.39, 0.29) is 30.2 Å². The highest BCUT2D eigenvalue weighted by molar-refractivity contribution is 5.69. The van der Waals surface area contributed by atoms with Crippen molar-refractivity contribution in [2.75, 3.05) is 7.05 Å². The maximum Gasteiger partial charge on any atom is 0.306 e. The van der Waals surface area contributed by atoms with Gasteiger partial charge in [-0.25, -0.2) is 0 Å². The van der Waals surface area contributed by atoms with E-state index in [1.165, 1.54) is 6.92 Å². The molecule has 2 fully saturated rings. The zero-order valence-electron chi connectivity index (χ0n) is 13.3. The molecule has 120 valence electrons. The third-order valence-electron chi connectivity index (χ3n) is 4.67. The molecule has 0 aromatic carbocycles. The summed E-state index contributed by atoms with van der Waals surface area (Å²) >= 11 is 0. The first-order valence-corrected chi connectivity index (χ1v) is 8.09. The molecule has 0 spiro atoms. The van der Waals surface area contributed by atoms with Crippen LogP contribution < -0.4 is 0 Å². The Bertz CT molecular complexity index is 384. The molecule has 0 aromatic rings. The molecular formula is C16H27NO4. The highest BCUT2D eigenvalue weighted by Crippen LogP contribution is 2.37. The van der Waals surface area contributed by atoms with E-state index in [0.717, 1.165) is 38.5 Å². The molecule has 21 heavy (non-hydrogen) atoms. The number of piperidine rings is 1. The topological polar surface area (TPSA) is 55.8 Å². The summed E-state index contributed by atoms with van der Waals surface area (Å²) in [5.41, 5.74) is 0. The van der Waals surface area contributed by atoms with Crippen molar-refractivity contribution in [3.05, 3.63) is 0 Å². The summed E-state index contributed by atoms with van der Waals surface area (Å²) in [5, 5.41) is 0. The first kappa shape index (κ1) is 16.3. The lowest BCUT2D eigenvalue weighted by Crippen LogP contribution is -2.46. The van der Waals surface area contributed by atoms with E-state index in [1.54, 1.807) is 0 Å². The molecule has 2 heterocycles. The van der Waals surface area contributed by atoms with Gasteiger partial charge in [0.05, 0.1) is 6.04 Å². The van der Waals surface area contributed by atoms with Crippen molar-refractivity contribution in [3.63, 3.8) is 0 Å². The minimum atomic E-state index is -0.228. The maximum atomic E-state index is 11.8. The van der Waals surface area contributed by atoms with E-state index in [0.29, 0.717) is 12.5 Å². The molecule has 0 radical (unpaired) electrons. The van der Waals surface area contributed by atoms with Crippen LogP contribution in [0.15, 0.2) is 0 Å². The maximum absolute atomic E-state index is 11.8. The summed E-state index contributed by atoms with van der Waals surface area (Å²) in [7, 11) is 2.07. The number of hydrogen-bond donors (Lipinski definition) is 0. The van der Waals surface area contributed by atoms with Gasteiger partial charge in [-0.05, 0) is 13.5 Å². The smallest absolute Gasteiger partial charge is 0.306 e. The van der Waals surface area contributed by atoms with E-state index in [9.17, 15) is 9.59 Å². The number of carbonyl (C=O) groups is 2. The number of ether oxygens (including phenoxy) is 2. The van der Waals surface area contributed by atoms with Gasteiger partial charge < -0.3 is 9.47 Å². The second kappa shape index (κ2) is 7.25. The standard InChI is InChI=1S/C16H27NO4/c1-4-5-6-7-16(19)21-13-8-12-9-15(20-11(2)18)14(10-13)17(12)3/h12-15H,4-10H2,1-3H3/t12-,13-,14+,15-/m0/s1. The van der Waals surface area contributed by atoms with Gasteiger partial charge in [0.1, 0.15) is 12.2 Å². The van der Waals surface area contributed by atoms with Crippen molar-refractivity contribution in [2.45, 2.75) is 83.1 Å². The van der Waals surface area contributed by atoms with Crippen LogP contribution in [0.4, 0.5) is 0 Å². The fourth-order valence-corrected chi connectivity index (χ4v) is 3.57. The Kier molecular flexibility index (Phi) is 5.62. The van der Waals surface area contributed by atoms with E-state index in [4.69, 9.17) is 9.47 Å². The first-order chi connectivity index (χ1) is 10.0. The molecule has 0 amide bonds. The molecule has 0 aliphatic carbocycles. The predicted molar refractivity (Wildman–Crippen MR) is 78.8 cm³/mol. The van der Waals surface area contributed by atoms with Gasteiger partial charge in [0.15, 0.2) is 0 Å². The number of nitrogens with zero attached hydrogens (tertiary/aromatic N) is 1. The van der Waals surface area contributed by atoms with E-state index in [1.807, 2.05) is 0 Å². The van der Waals surface area contributed by atoms with Crippen LogP contribution in [-0.2, 0) is 19.1 Å². The number of unbranched alkanes of at least 4 members (excludes halogenated alkanes) is 2. The van der Waals surface area contributed by atoms with Crippen LogP contribution in [0, 0.1) is 0 Å². The second-order valence-electron chi connectivity index (χ2n) is 6.31. The van der Waals surface area contributed by atoms with Crippen molar-refractivity contribution < 1.29 is 19.1 Å². The van der Waals surface area contributed by atoms with Crippen molar-refractivity contribution >= 4 is 11.9 Å². The van der Waals surface area contributed by atoms with Gasteiger partial charge in [-0.15, -0.1) is 0 Å². The molecule has 2 saturated heterocycles. The quantitative estimate of drug-likeness (QED) is 0.556. The van der Waals surface area contributed by atoms with Crippen molar-refractivity contribution in [1.82, 2.24) is 4.90 Å². The van der Waals surface area contributed by atoms with Crippen LogP contribution in [0.1, 0.15) is 58.8 Å². The Morgan fingerprint density at radius 2 is 1.90 bits per heavy atom. The van der Waals surface area contributed by atoms with Gasteiger partial charge in [0.25, 0.3) is 0 Å².